The van der Waals surface area contributed by atoms with Crippen molar-refractivity contribution in [2.75, 3.05) is 0 Å². The van der Waals surface area contributed by atoms with Crippen molar-refractivity contribution < 1.29 is 9.84 Å². The van der Waals surface area contributed by atoms with E-state index in [4.69, 9.17) is 21.7 Å². The number of halogens is 1. The van der Waals surface area contributed by atoms with Crippen LogP contribution < -0.4 is 10.3 Å². The van der Waals surface area contributed by atoms with Crippen LogP contribution in [0.4, 0.5) is 0 Å². The number of para-hydroxylation sites is 1. The van der Waals surface area contributed by atoms with E-state index in [0.29, 0.717) is 49.9 Å². The van der Waals surface area contributed by atoms with Crippen LogP contribution in [-0.2, 0) is 6.61 Å². The number of aromatic nitrogens is 3. The fourth-order valence-corrected chi connectivity index (χ4v) is 4.62. The average molecular weight is 528 g/mol. The molecular weight excluding hydrogens is 502 g/mol. The summed E-state index contributed by atoms with van der Waals surface area (Å²) in [6, 6.07) is 13.4. The summed E-state index contributed by atoms with van der Waals surface area (Å²) in [6.45, 7) is 7.15. The first-order chi connectivity index (χ1) is 18.2. The Hall–Kier alpha value is -4.48. The first-order valence-electron chi connectivity index (χ1n) is 11.9. The summed E-state index contributed by atoms with van der Waals surface area (Å²) in [5.74, 6) is 0.342. The third kappa shape index (κ3) is 5.01. The molecule has 0 aliphatic rings. The first-order valence-corrected chi connectivity index (χ1v) is 12.3. The molecule has 8 nitrogen and oxygen atoms in total. The number of fused-ring (bicyclic) bond motifs is 1. The van der Waals surface area contributed by atoms with Gasteiger partial charge in [0, 0.05) is 34.1 Å². The molecule has 0 bridgehead atoms. The molecule has 4 rings (SSSR count). The number of aryl methyl sites for hydroxylation is 2. The Bertz CT molecular complexity index is 1700. The van der Waals surface area contributed by atoms with E-state index in [2.05, 4.69) is 9.97 Å². The van der Waals surface area contributed by atoms with Crippen LogP contribution >= 0.6 is 11.6 Å². The van der Waals surface area contributed by atoms with Gasteiger partial charge in [-0.05, 0) is 64.1 Å². The lowest BCUT2D eigenvalue weighted by molar-refractivity contribution is 0.306. The Kier molecular flexibility index (Phi) is 7.60. The number of aliphatic hydroxyl groups excluding tert-OH is 1. The van der Waals surface area contributed by atoms with Gasteiger partial charge in [-0.25, -0.2) is 4.98 Å². The normalized spacial score (nSPS) is 12.3. The molecule has 4 aromatic rings. The number of pyridine rings is 3. The lowest BCUT2D eigenvalue weighted by Crippen LogP contribution is -2.26. The second-order valence-electron chi connectivity index (χ2n) is 8.83. The summed E-state index contributed by atoms with van der Waals surface area (Å²) in [7, 11) is 0. The number of benzene rings is 1. The molecule has 0 radical (unpaired) electrons. The van der Waals surface area contributed by atoms with Gasteiger partial charge in [-0.2, -0.15) is 5.26 Å². The molecule has 1 atom stereocenters. The first kappa shape index (κ1) is 26.6. The number of nitrogens with one attached hydrogen (secondary N) is 1. The van der Waals surface area contributed by atoms with Crippen molar-refractivity contribution in [3.05, 3.63) is 110 Å². The van der Waals surface area contributed by atoms with E-state index in [1.807, 2.05) is 32.9 Å². The summed E-state index contributed by atoms with van der Waals surface area (Å²) >= 11 is 6.65. The van der Waals surface area contributed by atoms with Crippen molar-refractivity contribution in [2.24, 2.45) is 0 Å². The Morgan fingerprint density at radius 3 is 2.68 bits per heavy atom. The number of allylic oxidation sites excluding steroid dienone is 2. The highest BCUT2D eigenvalue weighted by Gasteiger charge is 2.21. The molecule has 0 saturated heterocycles. The summed E-state index contributed by atoms with van der Waals surface area (Å²) in [4.78, 5) is 22.1. The highest BCUT2D eigenvalue weighted by Crippen LogP contribution is 2.31. The minimum atomic E-state index is -0.518. The van der Waals surface area contributed by atoms with Crippen molar-refractivity contribution in [3.8, 4) is 11.8 Å². The van der Waals surface area contributed by atoms with Gasteiger partial charge in [-0.3, -0.25) is 15.2 Å². The third-order valence-corrected chi connectivity index (χ3v) is 6.58. The quantitative estimate of drug-likeness (QED) is 0.226. The monoisotopic (exact) mass is 527 g/mol. The van der Waals surface area contributed by atoms with Crippen molar-refractivity contribution in [3.63, 3.8) is 0 Å². The number of hydrogen-bond acceptors (Lipinski definition) is 7. The van der Waals surface area contributed by atoms with Gasteiger partial charge >= 0.3 is 0 Å². The number of nitriles is 1. The fraction of sp³-hybridized carbons (Fsp3) is 0.207. The molecule has 0 saturated carbocycles. The molecule has 0 aliphatic carbocycles. The van der Waals surface area contributed by atoms with Gasteiger partial charge in [0.15, 0.2) is 0 Å². The highest BCUT2D eigenvalue weighted by atomic mass is 35.5. The highest BCUT2D eigenvalue weighted by molar-refractivity contribution is 6.31. The summed E-state index contributed by atoms with van der Waals surface area (Å²) in [6.07, 6.45) is 3.08. The zero-order valence-electron chi connectivity index (χ0n) is 21.4. The van der Waals surface area contributed by atoms with Gasteiger partial charge in [-0.15, -0.1) is 0 Å². The minimum absolute atomic E-state index is 0.00733. The molecule has 0 amide bonds. The summed E-state index contributed by atoms with van der Waals surface area (Å²) < 4.78 is 7.68. The van der Waals surface area contributed by atoms with Crippen molar-refractivity contribution in [2.45, 2.75) is 40.3 Å². The van der Waals surface area contributed by atoms with Gasteiger partial charge in [-0.1, -0.05) is 23.7 Å². The Balaban J connectivity index is 1.77. The van der Waals surface area contributed by atoms with Crippen LogP contribution in [0, 0.1) is 30.6 Å². The smallest absolute Gasteiger partial charge is 0.269 e. The van der Waals surface area contributed by atoms with Gasteiger partial charge < -0.3 is 14.4 Å². The predicted molar refractivity (Wildman–Crippen MR) is 147 cm³/mol. The van der Waals surface area contributed by atoms with Gasteiger partial charge in [0.25, 0.3) is 5.56 Å². The van der Waals surface area contributed by atoms with Gasteiger partial charge in [0.2, 0.25) is 0 Å². The predicted octanol–water partition coefficient (Wildman–Crippen LogP) is 5.95. The van der Waals surface area contributed by atoms with Crippen LogP contribution in [0.1, 0.15) is 53.7 Å². The van der Waals surface area contributed by atoms with Crippen molar-refractivity contribution in [1.29, 1.82) is 10.7 Å². The van der Waals surface area contributed by atoms with E-state index < -0.39 is 11.6 Å². The van der Waals surface area contributed by atoms with Crippen LogP contribution in [0.3, 0.4) is 0 Å². The topological polar surface area (TPSA) is 125 Å². The SMILES string of the molecule is C/C=C(/O)C(=N)c1cc(C)nc2c(OCc3c(Cl)cc(C)nc3C(C)n3cccc(C#N)c3=O)cccc12. The molecule has 1 unspecified atom stereocenters. The van der Waals surface area contributed by atoms with Crippen LogP contribution in [0.15, 0.2) is 65.3 Å². The molecule has 0 fully saturated rings. The molecular formula is C29H26ClN5O3. The van der Waals surface area contributed by atoms with Gasteiger partial charge in [0.05, 0.1) is 16.8 Å². The van der Waals surface area contributed by atoms with Crippen LogP contribution in [0.2, 0.25) is 5.02 Å². The van der Waals surface area contributed by atoms with Crippen LogP contribution in [0.25, 0.3) is 10.9 Å². The zero-order valence-corrected chi connectivity index (χ0v) is 22.2. The van der Waals surface area contributed by atoms with Crippen LogP contribution in [-0.4, -0.2) is 25.4 Å². The molecule has 38 heavy (non-hydrogen) atoms. The second-order valence-corrected chi connectivity index (χ2v) is 9.24. The molecule has 3 heterocycles. The number of aliphatic hydroxyl groups is 1. The van der Waals surface area contributed by atoms with E-state index in [9.17, 15) is 15.2 Å². The number of nitrogens with zero attached hydrogens (tertiary/aromatic N) is 4. The van der Waals surface area contributed by atoms with Crippen LogP contribution in [0.5, 0.6) is 5.75 Å². The van der Waals surface area contributed by atoms with E-state index in [1.54, 1.807) is 43.5 Å². The molecule has 3 aromatic heterocycles. The number of ether oxygens (including phenoxy) is 1. The lowest BCUT2D eigenvalue weighted by atomic mass is 10.0. The van der Waals surface area contributed by atoms with E-state index in [0.717, 1.165) is 0 Å². The van der Waals surface area contributed by atoms with E-state index in [-0.39, 0.29) is 23.6 Å². The van der Waals surface area contributed by atoms with Gasteiger partial charge in [0.1, 0.15) is 41.0 Å². The molecule has 1 aromatic carbocycles. The zero-order chi connectivity index (χ0) is 27.6. The summed E-state index contributed by atoms with van der Waals surface area (Å²) in [5, 5.41) is 29.0. The maximum Gasteiger partial charge on any atom is 0.269 e. The van der Waals surface area contributed by atoms with Crippen molar-refractivity contribution in [1.82, 2.24) is 14.5 Å². The van der Waals surface area contributed by atoms with Crippen molar-refractivity contribution >= 4 is 28.2 Å². The third-order valence-electron chi connectivity index (χ3n) is 6.24. The lowest BCUT2D eigenvalue weighted by Gasteiger charge is -2.20. The average Bonchev–Trinajstić information content (AvgIpc) is 2.90. The fourth-order valence-electron chi connectivity index (χ4n) is 4.31. The van der Waals surface area contributed by atoms with E-state index in [1.165, 1.54) is 16.7 Å². The Morgan fingerprint density at radius 2 is 1.97 bits per heavy atom. The molecule has 0 spiro atoms. The Morgan fingerprint density at radius 1 is 1.24 bits per heavy atom. The number of rotatable bonds is 7. The van der Waals surface area contributed by atoms with E-state index >= 15 is 0 Å². The maximum absolute atomic E-state index is 12.8. The molecule has 0 aliphatic heterocycles. The summed E-state index contributed by atoms with van der Waals surface area (Å²) in [5.41, 5.74) is 3.19. The number of hydrogen-bond donors (Lipinski definition) is 2. The molecule has 9 heteroatoms. The maximum atomic E-state index is 12.8. The molecule has 192 valence electrons. The second kappa shape index (κ2) is 10.9. The largest absolute Gasteiger partial charge is 0.506 e. The minimum Gasteiger partial charge on any atom is -0.506 e. The molecule has 2 N–H and O–H groups in total. The Labute approximate surface area is 225 Å². The standard InChI is InChI=1S/C29H26ClN5O3/c1-5-24(36)26(32)21-12-16(2)34-28-20(21)9-6-10-25(28)38-15-22-23(30)13-17(3)33-27(22)18(4)35-11-7-8-19(14-31)29(35)37/h5-13,18,32,36H,15H2,1-4H3/b24-5+,32-26?.